The van der Waals surface area contributed by atoms with E-state index < -0.39 is 17.5 Å². The number of hydrogen-bond acceptors (Lipinski definition) is 6. The van der Waals surface area contributed by atoms with E-state index in [-0.39, 0.29) is 63.0 Å². The molecule has 0 atom stereocenters. The molecular formula is C21H18F3N3O3S. The van der Waals surface area contributed by atoms with Crippen LogP contribution in [0, 0.1) is 0 Å². The van der Waals surface area contributed by atoms with Gasteiger partial charge in [-0.05, 0) is 24.3 Å². The highest BCUT2D eigenvalue weighted by Crippen LogP contribution is 2.46. The Hall–Kier alpha value is -3.14. The molecule has 0 spiro atoms. The topological polar surface area (TPSA) is 85.5 Å². The Morgan fingerprint density at radius 3 is 2.48 bits per heavy atom. The van der Waals surface area contributed by atoms with Gasteiger partial charge in [0.1, 0.15) is 15.5 Å². The normalized spacial score (nSPS) is 13.9. The Morgan fingerprint density at radius 1 is 1.23 bits per heavy atom. The summed E-state index contributed by atoms with van der Waals surface area (Å²) in [5.74, 6) is -0.253. The Morgan fingerprint density at radius 2 is 1.90 bits per heavy atom. The van der Waals surface area contributed by atoms with Crippen molar-refractivity contribution < 1.29 is 27.5 Å². The first-order valence-corrected chi connectivity index (χ1v) is 10.2. The molecule has 0 saturated heterocycles. The van der Waals surface area contributed by atoms with Crippen molar-refractivity contribution in [2.24, 2.45) is 0 Å². The number of pyridine rings is 1. The van der Waals surface area contributed by atoms with Crippen molar-refractivity contribution in [3.05, 3.63) is 51.5 Å². The number of amides is 1. The molecule has 4 rings (SSSR count). The molecule has 6 nitrogen and oxygen atoms in total. The average molecular weight is 449 g/mol. The van der Waals surface area contributed by atoms with Crippen molar-refractivity contribution in [3.8, 4) is 5.75 Å². The van der Waals surface area contributed by atoms with Crippen molar-refractivity contribution in [2.45, 2.75) is 26.1 Å². The van der Waals surface area contributed by atoms with E-state index in [0.29, 0.717) is 5.75 Å². The number of thiophene rings is 1. The second-order valence-electron chi connectivity index (χ2n) is 7.18. The largest absolute Gasteiger partial charge is 0.497 e. The van der Waals surface area contributed by atoms with E-state index in [1.807, 2.05) is 0 Å². The summed E-state index contributed by atoms with van der Waals surface area (Å²) in [6.45, 7) is 1.41. The summed E-state index contributed by atoms with van der Waals surface area (Å²) in [5.41, 5.74) is 5.44. The van der Waals surface area contributed by atoms with E-state index in [9.17, 15) is 22.8 Å². The van der Waals surface area contributed by atoms with Gasteiger partial charge in [0.15, 0.2) is 0 Å². The number of carbonyl (C=O) groups excluding carboxylic acids is 2. The fourth-order valence-corrected chi connectivity index (χ4v) is 4.83. The number of halogens is 3. The Kier molecular flexibility index (Phi) is 5.12. The number of anilines is 1. The zero-order valence-electron chi connectivity index (χ0n) is 16.7. The number of alkyl halides is 3. The minimum atomic E-state index is -4.72. The van der Waals surface area contributed by atoms with Crippen LogP contribution in [0.5, 0.6) is 5.75 Å². The Labute approximate surface area is 179 Å². The van der Waals surface area contributed by atoms with Crippen molar-refractivity contribution in [2.75, 3.05) is 19.4 Å². The minimum Gasteiger partial charge on any atom is -0.497 e. The molecule has 2 aromatic heterocycles. The zero-order valence-corrected chi connectivity index (χ0v) is 17.5. The first-order chi connectivity index (χ1) is 14.6. The number of aromatic nitrogens is 1. The number of methoxy groups -OCH3 is 1. The third-order valence-electron chi connectivity index (χ3n) is 5.32. The second kappa shape index (κ2) is 7.52. The van der Waals surface area contributed by atoms with Crippen molar-refractivity contribution in [1.82, 2.24) is 9.88 Å². The number of rotatable bonds is 3. The van der Waals surface area contributed by atoms with Gasteiger partial charge in [-0.25, -0.2) is 4.98 Å². The third-order valence-corrected chi connectivity index (χ3v) is 6.42. The van der Waals surface area contributed by atoms with Crippen LogP contribution < -0.4 is 10.5 Å². The fourth-order valence-electron chi connectivity index (χ4n) is 3.75. The number of nitrogen functional groups attached to an aromatic ring is 1. The van der Waals surface area contributed by atoms with Gasteiger partial charge in [0.25, 0.3) is 0 Å². The van der Waals surface area contributed by atoms with Gasteiger partial charge in [0.05, 0.1) is 18.4 Å². The lowest BCUT2D eigenvalue weighted by atomic mass is 9.96. The van der Waals surface area contributed by atoms with Crippen molar-refractivity contribution in [3.63, 3.8) is 0 Å². The molecule has 3 aromatic rings. The molecule has 10 heteroatoms. The third kappa shape index (κ3) is 3.60. The minimum absolute atomic E-state index is 0.00365. The highest BCUT2D eigenvalue weighted by molar-refractivity contribution is 7.21. The standard InChI is InChI=1S/C21H18F3N3O3S/c1-10(28)27-8-7-14-13(9-27)16(21(22,23)24)15-17(25)19(31-20(15)26-14)18(29)11-3-5-12(30-2)6-4-11/h3-6H,7-9,25H2,1-2H3. The highest BCUT2D eigenvalue weighted by atomic mass is 32.1. The van der Waals surface area contributed by atoms with E-state index in [4.69, 9.17) is 10.5 Å². The number of benzene rings is 1. The first kappa shape index (κ1) is 21.1. The van der Waals surface area contributed by atoms with Gasteiger partial charge in [-0.15, -0.1) is 11.3 Å². The number of carbonyl (C=O) groups is 2. The van der Waals surface area contributed by atoms with Gasteiger partial charge in [-0.1, -0.05) is 0 Å². The van der Waals surface area contributed by atoms with Crippen molar-refractivity contribution >= 4 is 38.9 Å². The summed E-state index contributed by atoms with van der Waals surface area (Å²) >= 11 is 0.850. The van der Waals surface area contributed by atoms with Gasteiger partial charge < -0.3 is 15.4 Å². The van der Waals surface area contributed by atoms with E-state index in [0.717, 1.165) is 11.3 Å². The molecule has 3 heterocycles. The Bertz CT molecular complexity index is 1200. The molecule has 1 aliphatic heterocycles. The van der Waals surface area contributed by atoms with Gasteiger partial charge in [0, 0.05) is 48.6 Å². The smallest absolute Gasteiger partial charge is 0.417 e. The number of ketones is 1. The molecule has 2 N–H and O–H groups in total. The van der Waals surface area contributed by atoms with E-state index in [1.54, 1.807) is 12.1 Å². The first-order valence-electron chi connectivity index (χ1n) is 9.37. The maximum atomic E-state index is 14.1. The van der Waals surface area contributed by atoms with Gasteiger partial charge >= 0.3 is 6.18 Å². The molecule has 1 amide bonds. The van der Waals surface area contributed by atoms with Crippen LogP contribution in [-0.4, -0.2) is 35.2 Å². The maximum Gasteiger partial charge on any atom is 0.417 e. The van der Waals surface area contributed by atoms with Crippen LogP contribution in [0.15, 0.2) is 24.3 Å². The summed E-state index contributed by atoms with van der Waals surface area (Å²) < 4.78 is 47.5. The monoisotopic (exact) mass is 449 g/mol. The summed E-state index contributed by atoms with van der Waals surface area (Å²) in [6, 6.07) is 6.23. The number of nitrogens with two attached hydrogens (primary N) is 1. The molecule has 0 fully saturated rings. The van der Waals surface area contributed by atoms with Crippen LogP contribution in [0.25, 0.3) is 10.2 Å². The molecule has 1 aromatic carbocycles. The zero-order chi connectivity index (χ0) is 22.5. The average Bonchev–Trinajstić information content (AvgIpc) is 3.06. The van der Waals surface area contributed by atoms with E-state index >= 15 is 0 Å². The van der Waals surface area contributed by atoms with E-state index in [1.165, 1.54) is 31.1 Å². The molecule has 162 valence electrons. The summed E-state index contributed by atoms with van der Waals surface area (Å²) in [4.78, 5) is 30.5. The molecule has 0 saturated carbocycles. The van der Waals surface area contributed by atoms with Gasteiger partial charge in [0.2, 0.25) is 11.7 Å². The van der Waals surface area contributed by atoms with E-state index in [2.05, 4.69) is 4.98 Å². The number of nitrogens with zero attached hydrogens (tertiary/aromatic N) is 2. The highest BCUT2D eigenvalue weighted by Gasteiger charge is 2.41. The number of ether oxygens (including phenoxy) is 1. The van der Waals surface area contributed by atoms with Crippen LogP contribution in [0.4, 0.5) is 18.9 Å². The van der Waals surface area contributed by atoms with Crippen molar-refractivity contribution in [1.29, 1.82) is 0 Å². The van der Waals surface area contributed by atoms with Crippen LogP contribution in [0.2, 0.25) is 0 Å². The second-order valence-corrected chi connectivity index (χ2v) is 8.18. The summed E-state index contributed by atoms with van der Waals surface area (Å²) in [7, 11) is 1.49. The molecule has 0 radical (unpaired) electrons. The molecule has 1 aliphatic rings. The fraction of sp³-hybridized carbons (Fsp3) is 0.286. The molecule has 31 heavy (non-hydrogen) atoms. The molecule has 0 bridgehead atoms. The van der Waals surface area contributed by atoms with Crippen LogP contribution in [0.3, 0.4) is 0 Å². The lowest BCUT2D eigenvalue weighted by Gasteiger charge is -2.29. The number of hydrogen-bond donors (Lipinski definition) is 1. The number of fused-ring (bicyclic) bond motifs is 2. The van der Waals surface area contributed by atoms with Crippen LogP contribution in [-0.2, 0) is 23.9 Å². The van der Waals surface area contributed by atoms with Gasteiger partial charge in [-0.3, -0.25) is 9.59 Å². The summed E-state index contributed by atoms with van der Waals surface area (Å²) in [5, 5.41) is -0.279. The van der Waals surface area contributed by atoms with Gasteiger partial charge in [-0.2, -0.15) is 13.2 Å². The quantitative estimate of drug-likeness (QED) is 0.610. The SMILES string of the molecule is COc1ccc(C(=O)c2sc3nc4c(c(C(F)(F)F)c3c2N)CN(C(C)=O)CC4)cc1. The molecular weight excluding hydrogens is 431 g/mol. The molecule has 0 unspecified atom stereocenters. The summed E-state index contributed by atoms with van der Waals surface area (Å²) in [6.07, 6.45) is -4.52. The lowest BCUT2D eigenvalue weighted by Crippen LogP contribution is -2.36. The van der Waals surface area contributed by atoms with Crippen LogP contribution in [0.1, 0.15) is 39.0 Å². The Balaban J connectivity index is 1.90. The predicted molar refractivity (Wildman–Crippen MR) is 110 cm³/mol. The molecule has 0 aliphatic carbocycles. The predicted octanol–water partition coefficient (Wildman–Crippen LogP) is 4.04. The maximum absolute atomic E-state index is 14.1. The lowest BCUT2D eigenvalue weighted by molar-refractivity contribution is -0.138. The van der Waals surface area contributed by atoms with Crippen LogP contribution >= 0.6 is 11.3 Å².